The number of terminal acetylenes is 1. The van der Waals surface area contributed by atoms with Gasteiger partial charge in [-0.2, -0.15) is 10.2 Å². The number of allylic oxidation sites excluding steroid dienone is 6. The van der Waals surface area contributed by atoms with Crippen molar-refractivity contribution in [1.29, 1.82) is 0 Å². The average Bonchev–Trinajstić information content (AvgIpc) is 3.32. The smallest absolute Gasteiger partial charge is 0.303 e. The zero-order valence-corrected chi connectivity index (χ0v) is 14.4. The number of hydrogen-bond acceptors (Lipinski definition) is 3. The molecule has 0 fully saturated rings. The van der Waals surface area contributed by atoms with Gasteiger partial charge in [0.1, 0.15) is 0 Å². The van der Waals surface area contributed by atoms with Gasteiger partial charge in [0.15, 0.2) is 5.66 Å². The molecular formula is C20H28N2O2. The van der Waals surface area contributed by atoms with Crippen molar-refractivity contribution >= 4 is 5.97 Å². The van der Waals surface area contributed by atoms with E-state index in [9.17, 15) is 4.79 Å². The van der Waals surface area contributed by atoms with E-state index >= 15 is 0 Å². The summed E-state index contributed by atoms with van der Waals surface area (Å²) in [7, 11) is 0. The highest BCUT2D eigenvalue weighted by Gasteiger charge is 2.37. The van der Waals surface area contributed by atoms with Crippen molar-refractivity contribution in [3.05, 3.63) is 36.5 Å². The summed E-state index contributed by atoms with van der Waals surface area (Å²) in [6.07, 6.45) is 26.4. The van der Waals surface area contributed by atoms with E-state index in [-0.39, 0.29) is 12.1 Å². The molecule has 130 valence electrons. The van der Waals surface area contributed by atoms with Crippen LogP contribution in [0.4, 0.5) is 0 Å². The fraction of sp³-hybridized carbons (Fsp3) is 0.550. The zero-order valence-electron chi connectivity index (χ0n) is 14.4. The predicted octanol–water partition coefficient (Wildman–Crippen LogP) is 5.44. The van der Waals surface area contributed by atoms with E-state index < -0.39 is 5.97 Å². The summed E-state index contributed by atoms with van der Waals surface area (Å²) in [6, 6.07) is 0. The highest BCUT2D eigenvalue weighted by Crippen LogP contribution is 2.38. The van der Waals surface area contributed by atoms with Crippen LogP contribution in [0.5, 0.6) is 0 Å². The monoisotopic (exact) mass is 328 g/mol. The first-order valence-corrected chi connectivity index (χ1v) is 8.73. The Bertz CT molecular complexity index is 518. The van der Waals surface area contributed by atoms with Gasteiger partial charge in [-0.3, -0.25) is 4.79 Å². The van der Waals surface area contributed by atoms with Gasteiger partial charge in [0.2, 0.25) is 0 Å². The number of carboxylic acid groups (broad SMARTS) is 1. The molecule has 1 aliphatic rings. The van der Waals surface area contributed by atoms with Crippen LogP contribution in [0.3, 0.4) is 0 Å². The van der Waals surface area contributed by atoms with E-state index in [1.807, 2.05) is 6.08 Å². The molecule has 0 atom stereocenters. The molecule has 0 radical (unpaired) electrons. The van der Waals surface area contributed by atoms with Gasteiger partial charge >= 0.3 is 5.97 Å². The fourth-order valence-corrected chi connectivity index (χ4v) is 2.33. The van der Waals surface area contributed by atoms with Gasteiger partial charge in [0.05, 0.1) is 0 Å². The molecule has 4 heteroatoms. The number of aliphatic carboxylic acids is 1. The first kappa shape index (κ1) is 19.9. The van der Waals surface area contributed by atoms with Crippen molar-refractivity contribution in [2.24, 2.45) is 10.2 Å². The standard InChI is InChI=1S/C20H28N2O2/c1-2-3-14-17-20(21-22-20)18-15-12-10-8-6-4-5-7-9-11-13-16-19(23)24/h1,4,6-7,9-10,12H,3,5,8,11,13-18H2,(H,23,24)/b6-4-,9-7-,12-10+. The van der Waals surface area contributed by atoms with E-state index in [1.54, 1.807) is 0 Å². The minimum atomic E-state index is -0.724. The third-order valence-electron chi connectivity index (χ3n) is 3.80. The molecule has 0 saturated heterocycles. The summed E-state index contributed by atoms with van der Waals surface area (Å²) in [5.74, 6) is 1.93. The molecule has 0 bridgehead atoms. The molecule has 1 aliphatic heterocycles. The molecule has 1 N–H and O–H groups in total. The van der Waals surface area contributed by atoms with Gasteiger partial charge in [0.25, 0.3) is 0 Å². The molecule has 1 rings (SSSR count). The van der Waals surface area contributed by atoms with Crippen LogP contribution in [0, 0.1) is 12.3 Å². The predicted molar refractivity (Wildman–Crippen MR) is 97.6 cm³/mol. The Hall–Kier alpha value is -2.15. The molecule has 0 aromatic rings. The van der Waals surface area contributed by atoms with Crippen LogP contribution in [0.25, 0.3) is 0 Å². The normalized spacial score (nSPS) is 15.5. The van der Waals surface area contributed by atoms with Crippen LogP contribution in [0.1, 0.15) is 64.2 Å². The molecular weight excluding hydrogens is 300 g/mol. The Morgan fingerprint density at radius 1 is 0.958 bits per heavy atom. The van der Waals surface area contributed by atoms with Crippen molar-refractivity contribution in [2.45, 2.75) is 69.9 Å². The summed E-state index contributed by atoms with van der Waals surface area (Å²) >= 11 is 0. The van der Waals surface area contributed by atoms with Crippen LogP contribution in [0.2, 0.25) is 0 Å². The van der Waals surface area contributed by atoms with Crippen molar-refractivity contribution in [3.63, 3.8) is 0 Å². The zero-order chi connectivity index (χ0) is 17.5. The molecule has 0 aromatic heterocycles. The number of carbonyl (C=O) groups is 1. The third-order valence-corrected chi connectivity index (χ3v) is 3.80. The number of nitrogens with zero attached hydrogens (tertiary/aromatic N) is 2. The van der Waals surface area contributed by atoms with Crippen LogP contribution in [-0.2, 0) is 4.79 Å². The first-order chi connectivity index (χ1) is 11.7. The molecule has 24 heavy (non-hydrogen) atoms. The lowest BCUT2D eigenvalue weighted by atomic mass is 10.0. The van der Waals surface area contributed by atoms with Gasteiger partial charge in [0, 0.05) is 12.8 Å². The molecule has 0 aliphatic carbocycles. The summed E-state index contributed by atoms with van der Waals surface area (Å²) in [5.41, 5.74) is -0.123. The maximum Gasteiger partial charge on any atom is 0.303 e. The molecule has 0 saturated carbocycles. The van der Waals surface area contributed by atoms with Crippen molar-refractivity contribution < 1.29 is 9.90 Å². The van der Waals surface area contributed by atoms with Crippen LogP contribution < -0.4 is 0 Å². The molecule has 0 spiro atoms. The lowest BCUT2D eigenvalue weighted by Crippen LogP contribution is -2.09. The lowest BCUT2D eigenvalue weighted by molar-refractivity contribution is -0.137. The average molecular weight is 328 g/mol. The van der Waals surface area contributed by atoms with Crippen LogP contribution >= 0.6 is 0 Å². The Morgan fingerprint density at radius 3 is 2.17 bits per heavy atom. The molecule has 0 unspecified atom stereocenters. The molecule has 4 nitrogen and oxygen atoms in total. The Labute approximate surface area is 145 Å². The number of rotatable bonds is 14. The number of hydrogen-bond donors (Lipinski definition) is 1. The summed E-state index contributed by atoms with van der Waals surface area (Å²) in [4.78, 5) is 10.3. The second-order valence-corrected chi connectivity index (χ2v) is 5.95. The Kier molecular flexibility index (Phi) is 10.2. The van der Waals surface area contributed by atoms with E-state index in [1.165, 1.54) is 0 Å². The topological polar surface area (TPSA) is 62.0 Å². The van der Waals surface area contributed by atoms with Crippen molar-refractivity contribution in [3.8, 4) is 12.3 Å². The Morgan fingerprint density at radius 2 is 1.58 bits per heavy atom. The summed E-state index contributed by atoms with van der Waals surface area (Å²) in [5, 5.41) is 16.9. The highest BCUT2D eigenvalue weighted by atomic mass is 16.4. The van der Waals surface area contributed by atoms with E-state index in [0.717, 1.165) is 51.4 Å². The van der Waals surface area contributed by atoms with Gasteiger partial charge in [-0.1, -0.05) is 36.5 Å². The van der Waals surface area contributed by atoms with Crippen molar-refractivity contribution in [2.75, 3.05) is 0 Å². The minimum Gasteiger partial charge on any atom is -0.481 e. The van der Waals surface area contributed by atoms with E-state index in [0.29, 0.717) is 6.42 Å². The number of carboxylic acids is 1. The quantitative estimate of drug-likeness (QED) is 0.262. The lowest BCUT2D eigenvalue weighted by Gasteiger charge is -2.06. The largest absolute Gasteiger partial charge is 0.481 e. The maximum absolute atomic E-state index is 10.3. The van der Waals surface area contributed by atoms with Gasteiger partial charge < -0.3 is 5.11 Å². The molecule has 0 amide bonds. The SMILES string of the molecule is C#CCCCC1(CC/C=C/C/C=C\C/C=C\CCCC(=O)O)N=N1. The number of unbranched alkanes of at least 4 members (excludes halogenated alkanes) is 2. The van der Waals surface area contributed by atoms with E-state index in [2.05, 4.69) is 46.5 Å². The highest BCUT2D eigenvalue weighted by molar-refractivity contribution is 5.66. The molecule has 1 heterocycles. The minimum absolute atomic E-state index is 0.123. The van der Waals surface area contributed by atoms with Gasteiger partial charge in [-0.05, 0) is 51.4 Å². The Balaban J connectivity index is 1.97. The summed E-state index contributed by atoms with van der Waals surface area (Å²) < 4.78 is 0. The van der Waals surface area contributed by atoms with Crippen LogP contribution in [-0.4, -0.2) is 16.7 Å². The second-order valence-electron chi connectivity index (χ2n) is 5.95. The second kappa shape index (κ2) is 12.3. The van der Waals surface area contributed by atoms with Crippen molar-refractivity contribution in [1.82, 2.24) is 0 Å². The summed E-state index contributed by atoms with van der Waals surface area (Å²) in [6.45, 7) is 0. The first-order valence-electron chi connectivity index (χ1n) is 8.73. The van der Waals surface area contributed by atoms with E-state index in [4.69, 9.17) is 11.5 Å². The van der Waals surface area contributed by atoms with Crippen LogP contribution in [0.15, 0.2) is 46.7 Å². The third kappa shape index (κ3) is 10.6. The molecule has 0 aromatic carbocycles. The maximum atomic E-state index is 10.3. The fourth-order valence-electron chi connectivity index (χ4n) is 2.33. The van der Waals surface area contributed by atoms with Gasteiger partial charge in [-0.15, -0.1) is 12.3 Å². The van der Waals surface area contributed by atoms with Gasteiger partial charge in [-0.25, -0.2) is 0 Å².